The first-order valence-electron chi connectivity index (χ1n) is 5.76. The van der Waals surface area contributed by atoms with Gasteiger partial charge < -0.3 is 10.1 Å². The van der Waals surface area contributed by atoms with Crippen molar-refractivity contribution in [3.8, 4) is 0 Å². The molecule has 0 radical (unpaired) electrons. The highest BCUT2D eigenvalue weighted by Crippen LogP contribution is 2.34. The number of hydrogen-bond donors (Lipinski definition) is 2. The van der Waals surface area contributed by atoms with E-state index >= 15 is 0 Å². The fraction of sp³-hybridized carbons (Fsp3) is 0.214. The highest BCUT2D eigenvalue weighted by atomic mass is 16.3. The minimum absolute atomic E-state index is 0.129. The number of aliphatic hydroxyl groups is 1. The Labute approximate surface area is 99.5 Å². The molecule has 0 bridgehead atoms. The number of aliphatic imine (C=N–C) groups is 1. The summed E-state index contributed by atoms with van der Waals surface area (Å²) in [5.41, 5.74) is 1.84. The monoisotopic (exact) mass is 226 g/mol. The van der Waals surface area contributed by atoms with Crippen molar-refractivity contribution >= 4 is 17.1 Å². The van der Waals surface area contributed by atoms with Crippen LogP contribution < -0.4 is 0 Å². The zero-order valence-electron chi connectivity index (χ0n) is 9.43. The lowest BCUT2D eigenvalue weighted by Gasteiger charge is -2.24. The number of nitrogens with zero attached hydrogens (tertiary/aromatic N) is 1. The molecule has 1 aromatic heterocycles. The number of rotatable bonds is 3. The first-order valence-corrected chi connectivity index (χ1v) is 5.76. The van der Waals surface area contributed by atoms with Gasteiger partial charge in [0.1, 0.15) is 5.54 Å². The van der Waals surface area contributed by atoms with Crippen LogP contribution in [0.1, 0.15) is 12.0 Å². The fourth-order valence-corrected chi connectivity index (χ4v) is 2.37. The summed E-state index contributed by atoms with van der Waals surface area (Å²) in [6.07, 6.45) is 8.34. The lowest BCUT2D eigenvalue weighted by Crippen LogP contribution is -2.20. The summed E-state index contributed by atoms with van der Waals surface area (Å²) in [7, 11) is 0. The Balaban J connectivity index is 2.12. The van der Waals surface area contributed by atoms with Crippen LogP contribution in [-0.4, -0.2) is 22.9 Å². The fourth-order valence-electron chi connectivity index (χ4n) is 2.37. The molecule has 0 fully saturated rings. The van der Waals surface area contributed by atoms with Crippen LogP contribution in [0.15, 0.2) is 47.6 Å². The van der Waals surface area contributed by atoms with Gasteiger partial charge in [0.05, 0.1) is 0 Å². The van der Waals surface area contributed by atoms with Crippen LogP contribution in [0.3, 0.4) is 0 Å². The number of benzene rings is 1. The van der Waals surface area contributed by atoms with Gasteiger partial charge in [0.25, 0.3) is 0 Å². The third-order valence-electron chi connectivity index (χ3n) is 3.31. The van der Waals surface area contributed by atoms with E-state index in [2.05, 4.69) is 28.2 Å². The zero-order chi connectivity index (χ0) is 11.7. The van der Waals surface area contributed by atoms with Gasteiger partial charge in [0.2, 0.25) is 0 Å². The predicted molar refractivity (Wildman–Crippen MR) is 69.3 cm³/mol. The van der Waals surface area contributed by atoms with E-state index in [0.717, 1.165) is 11.1 Å². The van der Waals surface area contributed by atoms with E-state index in [-0.39, 0.29) is 12.1 Å². The average Bonchev–Trinajstić information content (AvgIpc) is 2.96. The number of allylic oxidation sites excluding steroid dienone is 1. The maximum absolute atomic E-state index is 9.21. The molecule has 1 unspecified atom stereocenters. The van der Waals surface area contributed by atoms with Crippen LogP contribution >= 0.6 is 0 Å². The number of H-pyrrole nitrogens is 1. The molecule has 3 nitrogen and oxygen atoms in total. The Morgan fingerprint density at radius 1 is 1.29 bits per heavy atom. The molecule has 0 saturated carbocycles. The molecule has 1 aliphatic heterocycles. The molecule has 1 aromatic carbocycles. The first kappa shape index (κ1) is 10.3. The van der Waals surface area contributed by atoms with E-state index in [4.69, 9.17) is 0 Å². The van der Waals surface area contributed by atoms with Crippen LogP contribution in [0.5, 0.6) is 0 Å². The van der Waals surface area contributed by atoms with Crippen LogP contribution in [0.25, 0.3) is 10.9 Å². The van der Waals surface area contributed by atoms with Crippen molar-refractivity contribution in [3.05, 3.63) is 48.2 Å². The molecule has 2 aromatic rings. The standard InChI is InChI=1S/C14H14N2O/c17-9-6-14(5-1-7-16-14)12-3-2-11-4-8-15-13(11)10-12/h1-5,7-8,10,15,17H,6,9H2. The first-order chi connectivity index (χ1) is 8.34. The maximum atomic E-state index is 9.21. The maximum Gasteiger partial charge on any atom is 0.106 e. The van der Waals surface area contributed by atoms with Crippen LogP contribution in [0, 0.1) is 0 Å². The van der Waals surface area contributed by atoms with Crippen molar-refractivity contribution in [2.45, 2.75) is 12.0 Å². The molecule has 1 aliphatic rings. The third-order valence-corrected chi connectivity index (χ3v) is 3.31. The molecule has 17 heavy (non-hydrogen) atoms. The summed E-state index contributed by atoms with van der Waals surface area (Å²) in [5.74, 6) is 0. The SMILES string of the molecule is OCCC1(c2ccc3cc[nH]c3c2)C=CC=N1. The summed E-state index contributed by atoms with van der Waals surface area (Å²) in [4.78, 5) is 7.71. The van der Waals surface area contributed by atoms with Crippen molar-refractivity contribution < 1.29 is 5.11 Å². The second kappa shape index (κ2) is 3.86. The topological polar surface area (TPSA) is 48.4 Å². The lowest BCUT2D eigenvalue weighted by atomic mass is 9.87. The molecular weight excluding hydrogens is 212 g/mol. The predicted octanol–water partition coefficient (Wildman–Crippen LogP) is 2.39. The second-order valence-corrected chi connectivity index (χ2v) is 4.31. The summed E-state index contributed by atoms with van der Waals surface area (Å²) in [5, 5.41) is 10.4. The van der Waals surface area contributed by atoms with E-state index in [1.54, 1.807) is 6.21 Å². The van der Waals surface area contributed by atoms with E-state index in [1.165, 1.54) is 5.39 Å². The number of aromatic amines is 1. The van der Waals surface area contributed by atoms with Crippen molar-refractivity contribution in [2.24, 2.45) is 4.99 Å². The molecule has 3 heteroatoms. The van der Waals surface area contributed by atoms with Gasteiger partial charge in [-0.05, 0) is 29.2 Å². The number of nitrogens with one attached hydrogen (secondary N) is 1. The van der Waals surface area contributed by atoms with Gasteiger partial charge in [-0.3, -0.25) is 4.99 Å². The van der Waals surface area contributed by atoms with Gasteiger partial charge >= 0.3 is 0 Å². The van der Waals surface area contributed by atoms with Crippen molar-refractivity contribution in [1.29, 1.82) is 0 Å². The van der Waals surface area contributed by atoms with Gasteiger partial charge in [-0.2, -0.15) is 0 Å². The molecule has 2 N–H and O–H groups in total. The normalized spacial score (nSPS) is 22.6. The number of aliphatic hydroxyl groups excluding tert-OH is 1. The quantitative estimate of drug-likeness (QED) is 0.829. The summed E-state index contributed by atoms with van der Waals surface area (Å²) >= 11 is 0. The molecule has 1 atom stereocenters. The van der Waals surface area contributed by atoms with E-state index in [9.17, 15) is 5.11 Å². The van der Waals surface area contributed by atoms with Crippen LogP contribution in [-0.2, 0) is 5.54 Å². The van der Waals surface area contributed by atoms with Gasteiger partial charge in [0.15, 0.2) is 0 Å². The number of hydrogen-bond acceptors (Lipinski definition) is 2. The number of fused-ring (bicyclic) bond motifs is 1. The van der Waals surface area contributed by atoms with Gasteiger partial charge in [-0.1, -0.05) is 18.2 Å². The molecule has 2 heterocycles. The molecule has 3 rings (SSSR count). The van der Waals surface area contributed by atoms with E-state index in [1.807, 2.05) is 24.4 Å². The van der Waals surface area contributed by atoms with Crippen molar-refractivity contribution in [1.82, 2.24) is 4.98 Å². The van der Waals surface area contributed by atoms with Gasteiger partial charge in [0, 0.05) is 31.0 Å². The second-order valence-electron chi connectivity index (χ2n) is 4.31. The largest absolute Gasteiger partial charge is 0.396 e. The zero-order valence-corrected chi connectivity index (χ0v) is 9.43. The van der Waals surface area contributed by atoms with Crippen molar-refractivity contribution in [3.63, 3.8) is 0 Å². The molecular formula is C14H14N2O. The van der Waals surface area contributed by atoms with Crippen LogP contribution in [0.2, 0.25) is 0 Å². The Bertz CT molecular complexity index is 583. The molecule has 0 amide bonds. The number of aromatic nitrogens is 1. The minimum atomic E-state index is -0.381. The smallest absolute Gasteiger partial charge is 0.106 e. The average molecular weight is 226 g/mol. The highest BCUT2D eigenvalue weighted by molar-refractivity contribution is 5.81. The molecule has 0 saturated heterocycles. The van der Waals surface area contributed by atoms with Crippen LogP contribution in [0.4, 0.5) is 0 Å². The third kappa shape index (κ3) is 1.59. The Kier molecular flexibility index (Phi) is 2.34. The summed E-state index contributed by atoms with van der Waals surface area (Å²) in [6.45, 7) is 0.129. The minimum Gasteiger partial charge on any atom is -0.396 e. The Hall–Kier alpha value is -1.87. The van der Waals surface area contributed by atoms with Gasteiger partial charge in [-0.15, -0.1) is 0 Å². The lowest BCUT2D eigenvalue weighted by molar-refractivity contribution is 0.260. The van der Waals surface area contributed by atoms with Gasteiger partial charge in [-0.25, -0.2) is 0 Å². The molecule has 0 spiro atoms. The molecule has 86 valence electrons. The van der Waals surface area contributed by atoms with E-state index in [0.29, 0.717) is 6.42 Å². The van der Waals surface area contributed by atoms with E-state index < -0.39 is 0 Å². The Morgan fingerprint density at radius 2 is 2.24 bits per heavy atom. The summed E-state index contributed by atoms with van der Waals surface area (Å²) < 4.78 is 0. The molecule has 0 aliphatic carbocycles. The van der Waals surface area contributed by atoms with Crippen molar-refractivity contribution in [2.75, 3.05) is 6.61 Å². The summed E-state index contributed by atoms with van der Waals surface area (Å²) in [6, 6.07) is 8.32. The highest BCUT2D eigenvalue weighted by Gasteiger charge is 2.29. The Morgan fingerprint density at radius 3 is 3.00 bits per heavy atom.